The summed E-state index contributed by atoms with van der Waals surface area (Å²) in [6.07, 6.45) is 1.10. The zero-order chi connectivity index (χ0) is 16.9. The minimum absolute atomic E-state index is 0.0279. The third kappa shape index (κ3) is 9.05. The second-order valence-corrected chi connectivity index (χ2v) is 5.28. The van der Waals surface area contributed by atoms with E-state index in [1.165, 1.54) is 0 Å². The molecule has 1 aromatic carbocycles. The van der Waals surface area contributed by atoms with Crippen LogP contribution in [0, 0.1) is 0 Å². The molecule has 0 saturated heterocycles. The number of carbonyl (C=O) groups excluding carboxylic acids is 1. The molecular weight excluding hydrogens is 316 g/mol. The summed E-state index contributed by atoms with van der Waals surface area (Å²) in [7, 11) is 1.66. The number of nitrogens with one attached hydrogen (secondary N) is 3. The van der Waals surface area contributed by atoms with E-state index in [0.29, 0.717) is 37.6 Å². The summed E-state index contributed by atoms with van der Waals surface area (Å²) in [5.41, 5.74) is 0.748. The highest BCUT2D eigenvalue weighted by Gasteiger charge is 2.02. The molecule has 0 aliphatic carbocycles. The number of aliphatic imine (C=N–C) groups is 1. The number of halogens is 1. The van der Waals surface area contributed by atoms with Crippen LogP contribution in [0.1, 0.15) is 19.8 Å². The predicted molar refractivity (Wildman–Crippen MR) is 95.2 cm³/mol. The second-order valence-electron chi connectivity index (χ2n) is 4.84. The molecule has 3 N–H and O–H groups in total. The molecule has 6 nitrogen and oxygen atoms in total. The van der Waals surface area contributed by atoms with E-state index in [1.54, 1.807) is 31.4 Å². The van der Waals surface area contributed by atoms with Gasteiger partial charge in [0.25, 0.3) is 0 Å². The van der Waals surface area contributed by atoms with Crippen molar-refractivity contribution < 1.29 is 9.53 Å². The van der Waals surface area contributed by atoms with Crippen molar-refractivity contribution in [3.05, 3.63) is 29.3 Å². The normalized spacial score (nSPS) is 11.2. The summed E-state index contributed by atoms with van der Waals surface area (Å²) in [6.45, 7) is 4.69. The van der Waals surface area contributed by atoms with Crippen LogP contribution in [0.4, 0.5) is 5.69 Å². The number of methoxy groups -OCH3 is 1. The molecular formula is C16H25ClN4O2. The Labute approximate surface area is 142 Å². The Kier molecular flexibility index (Phi) is 9.83. The second kappa shape index (κ2) is 11.7. The predicted octanol–water partition coefficient (Wildman–Crippen LogP) is 2.26. The van der Waals surface area contributed by atoms with Gasteiger partial charge in [0.15, 0.2) is 5.96 Å². The maximum absolute atomic E-state index is 11.8. The molecule has 0 fully saturated rings. The van der Waals surface area contributed by atoms with Gasteiger partial charge in [-0.25, -0.2) is 0 Å². The van der Waals surface area contributed by atoms with Crippen LogP contribution in [-0.4, -0.2) is 45.2 Å². The third-order valence-corrected chi connectivity index (χ3v) is 3.15. The monoisotopic (exact) mass is 340 g/mol. The fraction of sp³-hybridized carbons (Fsp3) is 0.500. The molecule has 0 aliphatic heterocycles. The molecule has 23 heavy (non-hydrogen) atoms. The zero-order valence-electron chi connectivity index (χ0n) is 13.7. The molecule has 0 unspecified atom stereocenters. The molecule has 0 saturated carbocycles. The van der Waals surface area contributed by atoms with Crippen molar-refractivity contribution in [2.24, 2.45) is 4.99 Å². The number of anilines is 1. The van der Waals surface area contributed by atoms with Crippen LogP contribution in [0.15, 0.2) is 29.3 Å². The Morgan fingerprint density at radius 2 is 2.00 bits per heavy atom. The van der Waals surface area contributed by atoms with Crippen molar-refractivity contribution >= 4 is 29.2 Å². The number of hydrogen-bond acceptors (Lipinski definition) is 3. The van der Waals surface area contributed by atoms with Crippen molar-refractivity contribution in [2.45, 2.75) is 19.8 Å². The molecule has 0 spiro atoms. The minimum atomic E-state index is -0.0279. The molecule has 0 aromatic heterocycles. The van der Waals surface area contributed by atoms with Crippen molar-refractivity contribution in [3.63, 3.8) is 0 Å². The van der Waals surface area contributed by atoms with Gasteiger partial charge < -0.3 is 20.7 Å². The number of amides is 1. The number of hydrogen-bond donors (Lipinski definition) is 3. The van der Waals surface area contributed by atoms with Gasteiger partial charge in [-0.05, 0) is 37.6 Å². The lowest BCUT2D eigenvalue weighted by molar-refractivity contribution is -0.116. The quantitative estimate of drug-likeness (QED) is 0.366. The van der Waals surface area contributed by atoms with Crippen molar-refractivity contribution in [1.29, 1.82) is 0 Å². The van der Waals surface area contributed by atoms with Crippen LogP contribution < -0.4 is 16.0 Å². The summed E-state index contributed by atoms with van der Waals surface area (Å²) >= 11 is 5.80. The fourth-order valence-corrected chi connectivity index (χ4v) is 1.93. The summed E-state index contributed by atoms with van der Waals surface area (Å²) in [5, 5.41) is 9.78. The van der Waals surface area contributed by atoms with Crippen LogP contribution in [0.5, 0.6) is 0 Å². The fourth-order valence-electron chi connectivity index (χ4n) is 1.80. The molecule has 128 valence electrons. The third-order valence-electron chi connectivity index (χ3n) is 2.90. The lowest BCUT2D eigenvalue weighted by Crippen LogP contribution is -2.39. The first-order valence-electron chi connectivity index (χ1n) is 7.72. The first-order valence-corrected chi connectivity index (χ1v) is 8.10. The highest BCUT2D eigenvalue weighted by molar-refractivity contribution is 6.30. The number of benzene rings is 1. The number of rotatable bonds is 9. The van der Waals surface area contributed by atoms with Crippen LogP contribution in [-0.2, 0) is 9.53 Å². The van der Waals surface area contributed by atoms with Crippen LogP contribution in [0.2, 0.25) is 5.02 Å². The van der Waals surface area contributed by atoms with Gasteiger partial charge in [-0.15, -0.1) is 0 Å². The number of ether oxygens (including phenoxy) is 1. The molecule has 0 atom stereocenters. The van der Waals surface area contributed by atoms with Gasteiger partial charge in [0.05, 0.1) is 6.61 Å². The molecule has 0 radical (unpaired) electrons. The molecule has 7 heteroatoms. The Morgan fingerprint density at radius 1 is 1.26 bits per heavy atom. The molecule has 1 aromatic rings. The zero-order valence-corrected chi connectivity index (χ0v) is 14.4. The van der Waals surface area contributed by atoms with Gasteiger partial charge in [0.1, 0.15) is 0 Å². The van der Waals surface area contributed by atoms with Crippen molar-refractivity contribution in [1.82, 2.24) is 10.6 Å². The van der Waals surface area contributed by atoms with Crippen LogP contribution >= 0.6 is 11.6 Å². The Hall–Kier alpha value is -1.79. The Balaban J connectivity index is 2.28. The highest BCUT2D eigenvalue weighted by Crippen LogP contribution is 2.13. The summed E-state index contributed by atoms with van der Waals surface area (Å²) in [5.74, 6) is 0.711. The summed E-state index contributed by atoms with van der Waals surface area (Å²) < 4.78 is 4.98. The average molecular weight is 341 g/mol. The van der Waals surface area contributed by atoms with Gasteiger partial charge in [0, 0.05) is 43.9 Å². The van der Waals surface area contributed by atoms with E-state index >= 15 is 0 Å². The maximum atomic E-state index is 11.8. The van der Waals surface area contributed by atoms with E-state index in [2.05, 4.69) is 20.9 Å². The summed E-state index contributed by atoms with van der Waals surface area (Å²) in [4.78, 5) is 16.3. The first-order chi connectivity index (χ1) is 11.2. The number of guanidine groups is 1. The van der Waals surface area contributed by atoms with Crippen LogP contribution in [0.25, 0.3) is 0 Å². The Morgan fingerprint density at radius 3 is 2.65 bits per heavy atom. The van der Waals surface area contributed by atoms with E-state index in [9.17, 15) is 4.79 Å². The molecule has 1 rings (SSSR count). The van der Waals surface area contributed by atoms with Gasteiger partial charge >= 0.3 is 0 Å². The van der Waals surface area contributed by atoms with Gasteiger partial charge in [-0.2, -0.15) is 0 Å². The lowest BCUT2D eigenvalue weighted by atomic mass is 10.2. The highest BCUT2D eigenvalue weighted by atomic mass is 35.5. The van der Waals surface area contributed by atoms with E-state index in [1.807, 2.05) is 6.92 Å². The smallest absolute Gasteiger partial charge is 0.224 e. The largest absolute Gasteiger partial charge is 0.383 e. The minimum Gasteiger partial charge on any atom is -0.383 e. The SMILES string of the molecule is CCNC(=NCCCC(=O)Nc1ccc(Cl)cc1)NCCOC. The molecule has 0 aliphatic rings. The van der Waals surface area contributed by atoms with Gasteiger partial charge in [0.2, 0.25) is 5.91 Å². The number of carbonyl (C=O) groups is 1. The standard InChI is InChI=1S/C16H25ClN4O2/c1-3-18-16(20-11-12-23-2)19-10-4-5-15(22)21-14-8-6-13(17)7-9-14/h6-9H,3-5,10-12H2,1-2H3,(H,21,22)(H2,18,19,20). The van der Waals surface area contributed by atoms with Crippen molar-refractivity contribution in [3.8, 4) is 0 Å². The Bertz CT molecular complexity index is 491. The maximum Gasteiger partial charge on any atom is 0.224 e. The molecule has 0 heterocycles. The molecule has 1 amide bonds. The topological polar surface area (TPSA) is 74.8 Å². The van der Waals surface area contributed by atoms with Crippen molar-refractivity contribution in [2.75, 3.05) is 38.7 Å². The van der Waals surface area contributed by atoms with E-state index in [0.717, 1.165) is 18.2 Å². The van der Waals surface area contributed by atoms with E-state index < -0.39 is 0 Å². The average Bonchev–Trinajstić information content (AvgIpc) is 2.54. The van der Waals surface area contributed by atoms with E-state index in [-0.39, 0.29) is 5.91 Å². The first kappa shape index (κ1) is 19.3. The van der Waals surface area contributed by atoms with Gasteiger partial charge in [-0.3, -0.25) is 9.79 Å². The van der Waals surface area contributed by atoms with Gasteiger partial charge in [-0.1, -0.05) is 11.6 Å². The number of nitrogens with zero attached hydrogens (tertiary/aromatic N) is 1. The molecule has 0 bridgehead atoms. The van der Waals surface area contributed by atoms with Crippen LogP contribution in [0.3, 0.4) is 0 Å². The summed E-state index contributed by atoms with van der Waals surface area (Å²) in [6, 6.07) is 7.05. The van der Waals surface area contributed by atoms with E-state index in [4.69, 9.17) is 16.3 Å². The lowest BCUT2D eigenvalue weighted by Gasteiger charge is -2.10.